The van der Waals surface area contributed by atoms with Crippen LogP contribution in [0.3, 0.4) is 0 Å². The first kappa shape index (κ1) is 10.7. The van der Waals surface area contributed by atoms with Crippen molar-refractivity contribution >= 4 is 5.84 Å². The molecule has 0 aliphatic heterocycles. The van der Waals surface area contributed by atoms with Gasteiger partial charge in [0.1, 0.15) is 11.5 Å². The maximum atomic E-state index is 7.29. The second kappa shape index (κ2) is 4.74. The number of pyridine rings is 1. The van der Waals surface area contributed by atoms with Crippen molar-refractivity contribution in [1.82, 2.24) is 4.98 Å². The lowest BCUT2D eigenvalue weighted by molar-refractivity contribution is 0.770. The molecule has 1 rings (SSSR count). The average molecular weight is 191 g/mol. The zero-order valence-electron chi connectivity index (χ0n) is 8.80. The number of amidine groups is 1. The minimum atomic E-state index is 0.0442. The zero-order valence-corrected chi connectivity index (χ0v) is 8.80. The van der Waals surface area contributed by atoms with Gasteiger partial charge in [-0.25, -0.2) is 4.98 Å². The van der Waals surface area contributed by atoms with E-state index in [1.165, 1.54) is 5.56 Å². The fourth-order valence-corrected chi connectivity index (χ4v) is 1.32. The highest BCUT2D eigenvalue weighted by Crippen LogP contribution is 2.09. The van der Waals surface area contributed by atoms with Gasteiger partial charge in [0.15, 0.2) is 0 Å². The van der Waals surface area contributed by atoms with Crippen LogP contribution in [0.2, 0.25) is 0 Å². The lowest BCUT2D eigenvalue weighted by Crippen LogP contribution is -2.14. The molecular weight excluding hydrogens is 174 g/mol. The van der Waals surface area contributed by atoms with Gasteiger partial charge in [-0.15, -0.1) is 0 Å². The van der Waals surface area contributed by atoms with Crippen LogP contribution < -0.4 is 5.73 Å². The molecule has 0 saturated heterocycles. The molecule has 0 atom stereocenters. The maximum absolute atomic E-state index is 7.29. The predicted molar refractivity (Wildman–Crippen MR) is 58.6 cm³/mol. The Kier molecular flexibility index (Phi) is 3.63. The van der Waals surface area contributed by atoms with Gasteiger partial charge >= 0.3 is 0 Å². The van der Waals surface area contributed by atoms with Gasteiger partial charge in [-0.05, 0) is 31.4 Å². The molecule has 1 aromatic heterocycles. The number of nitrogens with zero attached hydrogens (tertiary/aromatic N) is 1. The molecule has 0 aliphatic carbocycles. The first-order valence-corrected chi connectivity index (χ1v) is 4.96. The number of unbranched alkanes of at least 4 members (excludes halogenated alkanes) is 1. The van der Waals surface area contributed by atoms with Crippen LogP contribution in [0, 0.1) is 12.3 Å². The Morgan fingerprint density at radius 3 is 2.79 bits per heavy atom. The van der Waals surface area contributed by atoms with Crippen molar-refractivity contribution in [3.63, 3.8) is 0 Å². The van der Waals surface area contributed by atoms with Crippen molar-refractivity contribution in [3.8, 4) is 0 Å². The van der Waals surface area contributed by atoms with Crippen LogP contribution in [-0.4, -0.2) is 10.8 Å². The van der Waals surface area contributed by atoms with Gasteiger partial charge in [-0.2, -0.15) is 0 Å². The highest BCUT2D eigenvalue weighted by Gasteiger charge is 2.03. The number of nitrogen functional groups attached to an aromatic ring is 1. The van der Waals surface area contributed by atoms with E-state index in [9.17, 15) is 0 Å². The number of rotatable bonds is 4. The van der Waals surface area contributed by atoms with E-state index in [1.54, 1.807) is 6.07 Å². The second-order valence-corrected chi connectivity index (χ2v) is 3.48. The summed E-state index contributed by atoms with van der Waals surface area (Å²) in [6, 6.07) is 3.78. The van der Waals surface area contributed by atoms with Crippen molar-refractivity contribution in [2.45, 2.75) is 33.1 Å². The van der Waals surface area contributed by atoms with E-state index in [1.807, 2.05) is 13.0 Å². The van der Waals surface area contributed by atoms with Crippen LogP contribution in [0.25, 0.3) is 0 Å². The van der Waals surface area contributed by atoms with Crippen LogP contribution in [0.4, 0.5) is 0 Å². The Morgan fingerprint density at radius 2 is 2.21 bits per heavy atom. The van der Waals surface area contributed by atoms with Gasteiger partial charge in [-0.3, -0.25) is 5.41 Å². The number of aromatic nitrogens is 1. The van der Waals surface area contributed by atoms with Crippen LogP contribution in [-0.2, 0) is 6.42 Å². The fourth-order valence-electron chi connectivity index (χ4n) is 1.32. The largest absolute Gasteiger partial charge is 0.382 e. The molecule has 3 N–H and O–H groups in total. The summed E-state index contributed by atoms with van der Waals surface area (Å²) in [6.45, 7) is 4.20. The molecule has 76 valence electrons. The predicted octanol–water partition coefficient (Wildman–Crippen LogP) is 2.02. The molecule has 1 aromatic rings. The first-order valence-electron chi connectivity index (χ1n) is 4.96. The highest BCUT2D eigenvalue weighted by molar-refractivity contribution is 5.93. The molecule has 0 saturated carbocycles. The van der Waals surface area contributed by atoms with Crippen molar-refractivity contribution in [2.24, 2.45) is 5.73 Å². The third-order valence-electron chi connectivity index (χ3n) is 2.24. The lowest BCUT2D eigenvalue weighted by Gasteiger charge is -2.06. The minimum absolute atomic E-state index is 0.0442. The zero-order chi connectivity index (χ0) is 10.6. The molecule has 0 spiro atoms. The number of aryl methyl sites for hydroxylation is 2. The van der Waals surface area contributed by atoms with Gasteiger partial charge in [0.2, 0.25) is 0 Å². The summed E-state index contributed by atoms with van der Waals surface area (Å²) in [7, 11) is 0. The van der Waals surface area contributed by atoms with E-state index in [2.05, 4.69) is 11.9 Å². The Hall–Kier alpha value is -1.38. The van der Waals surface area contributed by atoms with Gasteiger partial charge in [0, 0.05) is 5.69 Å². The van der Waals surface area contributed by atoms with E-state index >= 15 is 0 Å². The highest BCUT2D eigenvalue weighted by atomic mass is 14.8. The SMILES string of the molecule is CCCCc1nc(C(=N)N)ccc1C. The first-order chi connectivity index (χ1) is 6.65. The molecule has 0 aliphatic rings. The van der Waals surface area contributed by atoms with Crippen LogP contribution in [0.1, 0.15) is 36.7 Å². The van der Waals surface area contributed by atoms with Crippen LogP contribution in [0.5, 0.6) is 0 Å². The number of nitrogens with one attached hydrogen (secondary N) is 1. The Balaban J connectivity index is 2.90. The lowest BCUT2D eigenvalue weighted by atomic mass is 10.1. The Morgan fingerprint density at radius 1 is 1.50 bits per heavy atom. The molecule has 0 bridgehead atoms. The van der Waals surface area contributed by atoms with Crippen molar-refractivity contribution in [3.05, 3.63) is 29.1 Å². The van der Waals surface area contributed by atoms with E-state index in [-0.39, 0.29) is 5.84 Å². The summed E-state index contributed by atoms with van der Waals surface area (Å²) in [5.74, 6) is 0.0442. The third-order valence-corrected chi connectivity index (χ3v) is 2.24. The maximum Gasteiger partial charge on any atom is 0.141 e. The van der Waals surface area contributed by atoms with E-state index in [4.69, 9.17) is 11.1 Å². The topological polar surface area (TPSA) is 62.8 Å². The summed E-state index contributed by atoms with van der Waals surface area (Å²) in [4.78, 5) is 4.36. The molecule has 1 heterocycles. The van der Waals surface area contributed by atoms with E-state index in [0.717, 1.165) is 25.0 Å². The summed E-state index contributed by atoms with van der Waals surface area (Å²) >= 11 is 0. The second-order valence-electron chi connectivity index (χ2n) is 3.48. The summed E-state index contributed by atoms with van der Waals surface area (Å²) in [5, 5.41) is 7.29. The van der Waals surface area contributed by atoms with E-state index < -0.39 is 0 Å². The molecule has 3 nitrogen and oxygen atoms in total. The Labute approximate surface area is 84.9 Å². The molecular formula is C11H17N3. The molecule has 0 fully saturated rings. The monoisotopic (exact) mass is 191 g/mol. The third kappa shape index (κ3) is 2.55. The summed E-state index contributed by atoms with van der Waals surface area (Å²) in [6.07, 6.45) is 3.27. The molecule has 3 heteroatoms. The van der Waals surface area contributed by atoms with Gasteiger partial charge in [0.05, 0.1) is 0 Å². The molecule has 0 aromatic carbocycles. The van der Waals surface area contributed by atoms with Crippen molar-refractivity contribution in [1.29, 1.82) is 5.41 Å². The molecule has 0 radical (unpaired) electrons. The van der Waals surface area contributed by atoms with Crippen molar-refractivity contribution in [2.75, 3.05) is 0 Å². The normalized spacial score (nSPS) is 10.1. The summed E-state index contributed by atoms with van der Waals surface area (Å²) < 4.78 is 0. The molecule has 14 heavy (non-hydrogen) atoms. The average Bonchev–Trinajstić information content (AvgIpc) is 2.16. The van der Waals surface area contributed by atoms with E-state index in [0.29, 0.717) is 5.69 Å². The molecule has 0 amide bonds. The smallest absolute Gasteiger partial charge is 0.141 e. The number of nitrogens with two attached hydrogens (primary N) is 1. The van der Waals surface area contributed by atoms with Gasteiger partial charge in [-0.1, -0.05) is 19.4 Å². The number of hydrogen-bond donors (Lipinski definition) is 2. The number of hydrogen-bond acceptors (Lipinski definition) is 2. The van der Waals surface area contributed by atoms with Crippen LogP contribution >= 0.6 is 0 Å². The quantitative estimate of drug-likeness (QED) is 0.565. The van der Waals surface area contributed by atoms with Gasteiger partial charge < -0.3 is 5.73 Å². The standard InChI is InChI=1S/C11H17N3/c1-3-4-5-9-8(2)6-7-10(14-9)11(12)13/h6-7H,3-5H2,1-2H3,(H3,12,13). The fraction of sp³-hybridized carbons (Fsp3) is 0.455. The minimum Gasteiger partial charge on any atom is -0.382 e. The van der Waals surface area contributed by atoms with Crippen LogP contribution in [0.15, 0.2) is 12.1 Å². The summed E-state index contributed by atoms with van der Waals surface area (Å²) in [5.41, 5.74) is 8.22. The Bertz CT molecular complexity index is 331. The van der Waals surface area contributed by atoms with Gasteiger partial charge in [0.25, 0.3) is 0 Å². The van der Waals surface area contributed by atoms with Crippen molar-refractivity contribution < 1.29 is 0 Å². The molecule has 0 unspecified atom stereocenters.